The van der Waals surface area contributed by atoms with Gasteiger partial charge in [-0.3, -0.25) is 0 Å². The van der Waals surface area contributed by atoms with Gasteiger partial charge in [-0.2, -0.15) is 0 Å². The summed E-state index contributed by atoms with van der Waals surface area (Å²) < 4.78 is 0. The molecule has 1 N–H and O–H groups in total. The Kier molecular flexibility index (Phi) is 3.49. The van der Waals surface area contributed by atoms with E-state index >= 15 is 0 Å². The molecule has 0 radical (unpaired) electrons. The molecular weight excluding hydrogens is 232 g/mol. The fraction of sp³-hybridized carbons (Fsp3) is 0.353. The molecule has 1 aromatic carbocycles. The van der Waals surface area contributed by atoms with Crippen LogP contribution in [0.1, 0.15) is 36.1 Å². The predicted octanol–water partition coefficient (Wildman–Crippen LogP) is 3.79. The van der Waals surface area contributed by atoms with Gasteiger partial charge in [0.1, 0.15) is 5.82 Å². The van der Waals surface area contributed by atoms with Crippen LogP contribution in [0.3, 0.4) is 0 Å². The third-order valence-electron chi connectivity index (χ3n) is 3.89. The lowest BCUT2D eigenvalue weighted by Gasteiger charge is -2.14. The van der Waals surface area contributed by atoms with E-state index in [0.717, 1.165) is 18.8 Å². The summed E-state index contributed by atoms with van der Waals surface area (Å²) >= 11 is 0. The van der Waals surface area contributed by atoms with E-state index in [2.05, 4.69) is 54.7 Å². The van der Waals surface area contributed by atoms with Gasteiger partial charge in [0, 0.05) is 12.2 Å². The van der Waals surface area contributed by atoms with Gasteiger partial charge in [-0.1, -0.05) is 43.3 Å². The molecule has 1 aliphatic carbocycles. The van der Waals surface area contributed by atoms with Crippen molar-refractivity contribution in [1.82, 2.24) is 4.98 Å². The molecule has 0 spiro atoms. The van der Waals surface area contributed by atoms with Crippen LogP contribution in [-0.2, 0) is 12.8 Å². The van der Waals surface area contributed by atoms with E-state index in [0.29, 0.717) is 5.92 Å². The normalized spacial score (nSPS) is 15.0. The summed E-state index contributed by atoms with van der Waals surface area (Å²) in [6.07, 6.45) is 3.59. The van der Waals surface area contributed by atoms with Crippen LogP contribution in [0.25, 0.3) is 0 Å². The molecule has 0 aliphatic heterocycles. The van der Waals surface area contributed by atoms with Crippen LogP contribution in [-0.4, -0.2) is 11.5 Å². The number of nitrogens with one attached hydrogen (secondary N) is 1. The quantitative estimate of drug-likeness (QED) is 0.895. The van der Waals surface area contributed by atoms with Crippen molar-refractivity contribution in [3.8, 4) is 0 Å². The molecule has 0 amide bonds. The molecule has 0 saturated heterocycles. The van der Waals surface area contributed by atoms with Gasteiger partial charge in [-0.05, 0) is 42.4 Å². The van der Waals surface area contributed by atoms with Crippen LogP contribution in [0.4, 0.5) is 5.82 Å². The Morgan fingerprint density at radius 1 is 1.11 bits per heavy atom. The Bertz CT molecular complexity index is 548. The largest absolute Gasteiger partial charge is 0.369 e. The van der Waals surface area contributed by atoms with Crippen molar-refractivity contribution in [1.29, 1.82) is 0 Å². The maximum absolute atomic E-state index is 4.71. The van der Waals surface area contributed by atoms with Crippen LogP contribution >= 0.6 is 0 Å². The molecule has 98 valence electrons. The molecule has 1 aromatic heterocycles. The Morgan fingerprint density at radius 2 is 1.95 bits per heavy atom. The first kappa shape index (κ1) is 12.2. The van der Waals surface area contributed by atoms with Crippen LogP contribution in [0.5, 0.6) is 0 Å². The third kappa shape index (κ3) is 2.78. The molecule has 1 atom stereocenters. The lowest BCUT2D eigenvalue weighted by Crippen LogP contribution is -2.11. The van der Waals surface area contributed by atoms with E-state index in [1.165, 1.54) is 29.7 Å². The van der Waals surface area contributed by atoms with Gasteiger partial charge in [0.05, 0.1) is 0 Å². The molecule has 2 nitrogen and oxygen atoms in total. The molecule has 1 unspecified atom stereocenters. The van der Waals surface area contributed by atoms with Crippen molar-refractivity contribution >= 4 is 5.82 Å². The standard InChI is InChI=1S/C17H20N2/c1-13(14-6-3-2-4-7-14)12-18-17-11-10-15-8-5-9-16(15)19-17/h2-4,6-7,10-11,13H,5,8-9,12H2,1H3,(H,18,19). The second kappa shape index (κ2) is 5.43. The molecule has 19 heavy (non-hydrogen) atoms. The van der Waals surface area contributed by atoms with Gasteiger partial charge in [0.25, 0.3) is 0 Å². The SMILES string of the molecule is CC(CNc1ccc2c(n1)CCC2)c1ccccc1. The Hall–Kier alpha value is -1.83. The summed E-state index contributed by atoms with van der Waals surface area (Å²) in [5.41, 5.74) is 4.09. The predicted molar refractivity (Wildman–Crippen MR) is 79.6 cm³/mol. The van der Waals surface area contributed by atoms with Crippen LogP contribution in [0, 0.1) is 0 Å². The Morgan fingerprint density at radius 3 is 2.79 bits per heavy atom. The second-order valence-electron chi connectivity index (χ2n) is 5.35. The van der Waals surface area contributed by atoms with Gasteiger partial charge in [0.2, 0.25) is 0 Å². The Balaban J connectivity index is 1.63. The summed E-state index contributed by atoms with van der Waals surface area (Å²) in [6.45, 7) is 3.17. The smallest absolute Gasteiger partial charge is 0.126 e. The Labute approximate surface area is 114 Å². The van der Waals surface area contributed by atoms with E-state index in [1.807, 2.05) is 0 Å². The number of hydrogen-bond acceptors (Lipinski definition) is 2. The van der Waals surface area contributed by atoms with Gasteiger partial charge in [-0.15, -0.1) is 0 Å². The van der Waals surface area contributed by atoms with E-state index in [9.17, 15) is 0 Å². The number of benzene rings is 1. The van der Waals surface area contributed by atoms with E-state index in [1.54, 1.807) is 0 Å². The zero-order valence-corrected chi connectivity index (χ0v) is 11.4. The minimum absolute atomic E-state index is 0.497. The molecule has 1 aliphatic rings. The molecular formula is C17H20N2. The second-order valence-corrected chi connectivity index (χ2v) is 5.35. The summed E-state index contributed by atoms with van der Waals surface area (Å²) in [5, 5.41) is 3.46. The maximum Gasteiger partial charge on any atom is 0.126 e. The number of hydrogen-bond donors (Lipinski definition) is 1. The molecule has 0 fully saturated rings. The van der Waals surface area contributed by atoms with Gasteiger partial charge >= 0.3 is 0 Å². The highest BCUT2D eigenvalue weighted by Gasteiger charge is 2.12. The number of pyridine rings is 1. The van der Waals surface area contributed by atoms with Crippen molar-refractivity contribution in [2.24, 2.45) is 0 Å². The van der Waals surface area contributed by atoms with Crippen LogP contribution < -0.4 is 5.32 Å². The minimum Gasteiger partial charge on any atom is -0.369 e. The van der Waals surface area contributed by atoms with E-state index < -0.39 is 0 Å². The highest BCUT2D eigenvalue weighted by molar-refractivity contribution is 5.41. The molecule has 1 heterocycles. The average Bonchev–Trinajstić information content (AvgIpc) is 2.93. The zero-order valence-electron chi connectivity index (χ0n) is 11.4. The maximum atomic E-state index is 4.71. The molecule has 2 heteroatoms. The highest BCUT2D eigenvalue weighted by atomic mass is 15.0. The van der Waals surface area contributed by atoms with E-state index in [-0.39, 0.29) is 0 Å². The topological polar surface area (TPSA) is 24.9 Å². The number of rotatable bonds is 4. The fourth-order valence-electron chi connectivity index (χ4n) is 2.68. The van der Waals surface area contributed by atoms with Crippen LogP contribution in [0.2, 0.25) is 0 Å². The van der Waals surface area contributed by atoms with E-state index in [4.69, 9.17) is 4.98 Å². The minimum atomic E-state index is 0.497. The first-order valence-corrected chi connectivity index (χ1v) is 7.10. The van der Waals surface area contributed by atoms with Gasteiger partial charge < -0.3 is 5.32 Å². The van der Waals surface area contributed by atoms with Gasteiger partial charge in [0.15, 0.2) is 0 Å². The summed E-state index contributed by atoms with van der Waals surface area (Å²) in [6, 6.07) is 15.0. The molecule has 0 saturated carbocycles. The molecule has 3 rings (SSSR count). The van der Waals surface area contributed by atoms with Gasteiger partial charge in [-0.25, -0.2) is 4.98 Å². The number of anilines is 1. The molecule has 2 aromatic rings. The number of aryl methyl sites for hydroxylation is 2. The first-order valence-electron chi connectivity index (χ1n) is 7.10. The summed E-state index contributed by atoms with van der Waals surface area (Å²) in [7, 11) is 0. The molecule has 0 bridgehead atoms. The van der Waals surface area contributed by atoms with Crippen molar-refractivity contribution in [2.75, 3.05) is 11.9 Å². The lowest BCUT2D eigenvalue weighted by molar-refractivity contribution is 0.800. The third-order valence-corrected chi connectivity index (χ3v) is 3.89. The van der Waals surface area contributed by atoms with Crippen LogP contribution in [0.15, 0.2) is 42.5 Å². The average molecular weight is 252 g/mol. The number of nitrogens with zero attached hydrogens (tertiary/aromatic N) is 1. The highest BCUT2D eigenvalue weighted by Crippen LogP contribution is 2.22. The first-order chi connectivity index (χ1) is 9.33. The van der Waals surface area contributed by atoms with Crippen molar-refractivity contribution in [2.45, 2.75) is 32.1 Å². The lowest BCUT2D eigenvalue weighted by atomic mass is 10.0. The number of fused-ring (bicyclic) bond motifs is 1. The number of aromatic nitrogens is 1. The van der Waals surface area contributed by atoms with Crippen molar-refractivity contribution in [3.63, 3.8) is 0 Å². The zero-order chi connectivity index (χ0) is 13.1. The summed E-state index contributed by atoms with van der Waals surface area (Å²) in [5.74, 6) is 1.51. The van der Waals surface area contributed by atoms with Crippen molar-refractivity contribution in [3.05, 3.63) is 59.3 Å². The fourth-order valence-corrected chi connectivity index (χ4v) is 2.68. The summed E-state index contributed by atoms with van der Waals surface area (Å²) in [4.78, 5) is 4.71. The monoisotopic (exact) mass is 252 g/mol. The van der Waals surface area contributed by atoms with Crippen molar-refractivity contribution < 1.29 is 0 Å².